The molecule has 1 aliphatic carbocycles. The van der Waals surface area contributed by atoms with Crippen molar-refractivity contribution in [3.05, 3.63) is 21.4 Å². The molecule has 4 nitrogen and oxygen atoms in total. The summed E-state index contributed by atoms with van der Waals surface area (Å²) < 4.78 is 5.28. The van der Waals surface area contributed by atoms with Gasteiger partial charge >= 0.3 is 0 Å². The van der Waals surface area contributed by atoms with Crippen molar-refractivity contribution in [1.82, 2.24) is 4.90 Å². The molecule has 0 aromatic carbocycles. The summed E-state index contributed by atoms with van der Waals surface area (Å²) >= 11 is 1.56. The summed E-state index contributed by atoms with van der Waals surface area (Å²) in [6.45, 7) is 1.79. The van der Waals surface area contributed by atoms with Gasteiger partial charge in [-0.3, -0.25) is 4.79 Å². The molecule has 1 N–H and O–H groups in total. The summed E-state index contributed by atoms with van der Waals surface area (Å²) in [6.07, 6.45) is 3.96. The zero-order valence-corrected chi connectivity index (χ0v) is 11.7. The summed E-state index contributed by atoms with van der Waals surface area (Å²) in [7, 11) is 0. The Hall–Kier alpha value is -0.910. The molecule has 19 heavy (non-hydrogen) atoms. The van der Waals surface area contributed by atoms with E-state index in [9.17, 15) is 9.90 Å². The largest absolute Gasteiger partial charge is 0.389 e. The maximum absolute atomic E-state index is 12.6. The molecule has 3 rings (SSSR count). The van der Waals surface area contributed by atoms with E-state index in [1.54, 1.807) is 16.2 Å². The summed E-state index contributed by atoms with van der Waals surface area (Å²) in [5.41, 5.74) is 2.60. The van der Waals surface area contributed by atoms with Crippen molar-refractivity contribution in [1.29, 1.82) is 0 Å². The lowest BCUT2D eigenvalue weighted by Gasteiger charge is -2.22. The molecule has 1 aromatic rings. The zero-order valence-electron chi connectivity index (χ0n) is 10.9. The molecule has 0 unspecified atom stereocenters. The molecule has 1 atom stereocenters. The Bertz CT molecular complexity index is 471. The lowest BCUT2D eigenvalue weighted by Crippen LogP contribution is -2.37. The third-order valence-electron chi connectivity index (χ3n) is 3.83. The molecule has 1 aromatic heterocycles. The topological polar surface area (TPSA) is 49.8 Å². The van der Waals surface area contributed by atoms with Gasteiger partial charge in [-0.2, -0.15) is 0 Å². The van der Waals surface area contributed by atoms with Gasteiger partial charge in [-0.15, -0.1) is 11.3 Å². The van der Waals surface area contributed by atoms with Gasteiger partial charge in [-0.05, 0) is 42.2 Å². The van der Waals surface area contributed by atoms with E-state index >= 15 is 0 Å². The van der Waals surface area contributed by atoms with Crippen LogP contribution in [0.25, 0.3) is 0 Å². The number of aryl methyl sites for hydroxylation is 1. The van der Waals surface area contributed by atoms with E-state index in [2.05, 4.69) is 5.38 Å². The van der Waals surface area contributed by atoms with Crippen LogP contribution in [0, 0.1) is 0 Å². The number of thiophene rings is 1. The van der Waals surface area contributed by atoms with E-state index in [1.165, 1.54) is 24.0 Å². The number of hydrogen-bond donors (Lipinski definition) is 1. The second-order valence-electron chi connectivity index (χ2n) is 5.26. The monoisotopic (exact) mass is 281 g/mol. The quantitative estimate of drug-likeness (QED) is 0.848. The molecule has 1 amide bonds. The van der Waals surface area contributed by atoms with E-state index < -0.39 is 6.10 Å². The van der Waals surface area contributed by atoms with Crippen molar-refractivity contribution in [3.63, 3.8) is 0 Å². The number of ether oxygens (including phenoxy) is 1. The van der Waals surface area contributed by atoms with Crippen LogP contribution >= 0.6 is 11.3 Å². The molecule has 1 fully saturated rings. The van der Waals surface area contributed by atoms with Crippen LogP contribution in [-0.2, 0) is 17.6 Å². The van der Waals surface area contributed by atoms with E-state index in [0.29, 0.717) is 26.3 Å². The van der Waals surface area contributed by atoms with Crippen molar-refractivity contribution < 1.29 is 14.6 Å². The summed E-state index contributed by atoms with van der Waals surface area (Å²) in [4.78, 5) is 15.2. The van der Waals surface area contributed by atoms with Crippen LogP contribution < -0.4 is 0 Å². The van der Waals surface area contributed by atoms with Gasteiger partial charge in [0.05, 0.1) is 24.2 Å². The number of amides is 1. The minimum Gasteiger partial charge on any atom is -0.389 e. The average Bonchev–Trinajstić information content (AvgIpc) is 2.73. The molecule has 0 radical (unpaired) electrons. The lowest BCUT2D eigenvalue weighted by molar-refractivity contribution is 0.0535. The van der Waals surface area contributed by atoms with Crippen LogP contribution in [0.15, 0.2) is 5.38 Å². The second-order valence-corrected chi connectivity index (χ2v) is 6.14. The highest BCUT2D eigenvalue weighted by molar-refractivity contribution is 7.12. The lowest BCUT2D eigenvalue weighted by atomic mass is 9.93. The Kier molecular flexibility index (Phi) is 3.86. The molecule has 104 valence electrons. The standard InChI is InChI=1S/C14H19NO3S/c16-11-7-15(5-6-18-8-11)14(17)13-12-4-2-1-3-10(12)9-19-13/h9,11,16H,1-8H2/t11-/m0/s1. The molecule has 2 aliphatic rings. The van der Waals surface area contributed by atoms with Crippen molar-refractivity contribution in [2.24, 2.45) is 0 Å². The normalized spacial score (nSPS) is 23.8. The van der Waals surface area contributed by atoms with Crippen molar-refractivity contribution in [3.8, 4) is 0 Å². The van der Waals surface area contributed by atoms with Crippen LogP contribution in [0.4, 0.5) is 0 Å². The minimum atomic E-state index is -0.567. The van der Waals surface area contributed by atoms with Crippen molar-refractivity contribution in [2.45, 2.75) is 31.8 Å². The number of aliphatic hydroxyl groups excluding tert-OH is 1. The van der Waals surface area contributed by atoms with Gasteiger partial charge in [0.2, 0.25) is 0 Å². The van der Waals surface area contributed by atoms with E-state index in [0.717, 1.165) is 17.7 Å². The highest BCUT2D eigenvalue weighted by Gasteiger charge is 2.26. The van der Waals surface area contributed by atoms with Crippen LogP contribution in [0.5, 0.6) is 0 Å². The number of β-amino-alcohol motifs (C(OH)–C–C–N with tert-alkyl or cyclic N) is 1. The van der Waals surface area contributed by atoms with Crippen LogP contribution in [0.3, 0.4) is 0 Å². The predicted octanol–water partition coefficient (Wildman–Crippen LogP) is 1.46. The fourth-order valence-corrected chi connectivity index (χ4v) is 3.94. The molecule has 0 spiro atoms. The van der Waals surface area contributed by atoms with Crippen LogP contribution in [0.2, 0.25) is 0 Å². The Morgan fingerprint density at radius 1 is 1.42 bits per heavy atom. The smallest absolute Gasteiger partial charge is 0.264 e. The number of fused-ring (bicyclic) bond motifs is 1. The third kappa shape index (κ3) is 2.68. The molecular formula is C14H19NO3S. The molecular weight excluding hydrogens is 262 g/mol. The van der Waals surface area contributed by atoms with Gasteiger partial charge in [-0.25, -0.2) is 0 Å². The van der Waals surface area contributed by atoms with Gasteiger partial charge < -0.3 is 14.7 Å². The summed E-state index contributed by atoms with van der Waals surface area (Å²) in [5, 5.41) is 11.9. The van der Waals surface area contributed by atoms with Crippen molar-refractivity contribution in [2.75, 3.05) is 26.3 Å². The first-order chi connectivity index (χ1) is 9.25. The first-order valence-electron chi connectivity index (χ1n) is 6.90. The van der Waals surface area contributed by atoms with Crippen LogP contribution in [-0.4, -0.2) is 48.3 Å². The highest BCUT2D eigenvalue weighted by atomic mass is 32.1. The Morgan fingerprint density at radius 3 is 3.16 bits per heavy atom. The van der Waals surface area contributed by atoms with E-state index in [-0.39, 0.29) is 5.91 Å². The van der Waals surface area contributed by atoms with Crippen molar-refractivity contribution >= 4 is 17.2 Å². The van der Waals surface area contributed by atoms with Crippen LogP contribution in [0.1, 0.15) is 33.6 Å². The molecule has 5 heteroatoms. The van der Waals surface area contributed by atoms with E-state index in [1.807, 2.05) is 0 Å². The molecule has 0 saturated carbocycles. The maximum atomic E-state index is 12.6. The maximum Gasteiger partial charge on any atom is 0.264 e. The number of carbonyl (C=O) groups excluding carboxylic acids is 1. The highest BCUT2D eigenvalue weighted by Crippen LogP contribution is 2.30. The summed E-state index contributed by atoms with van der Waals surface area (Å²) in [6, 6.07) is 0. The van der Waals surface area contributed by atoms with Gasteiger partial charge in [0.1, 0.15) is 0 Å². The third-order valence-corrected chi connectivity index (χ3v) is 4.89. The number of aliphatic hydroxyl groups is 1. The van der Waals surface area contributed by atoms with Gasteiger partial charge in [0.25, 0.3) is 5.91 Å². The van der Waals surface area contributed by atoms with E-state index in [4.69, 9.17) is 4.74 Å². The second kappa shape index (κ2) is 5.61. The molecule has 0 bridgehead atoms. The molecule has 1 saturated heterocycles. The first kappa shape index (κ1) is 13.1. The number of hydrogen-bond acceptors (Lipinski definition) is 4. The Labute approximate surface area is 117 Å². The number of rotatable bonds is 1. The predicted molar refractivity (Wildman–Crippen MR) is 73.7 cm³/mol. The Morgan fingerprint density at radius 2 is 2.26 bits per heavy atom. The Balaban J connectivity index is 1.81. The minimum absolute atomic E-state index is 0.0673. The molecule has 2 heterocycles. The fourth-order valence-electron chi connectivity index (χ4n) is 2.82. The zero-order chi connectivity index (χ0) is 13.2. The van der Waals surface area contributed by atoms with Gasteiger partial charge in [0, 0.05) is 13.1 Å². The first-order valence-corrected chi connectivity index (χ1v) is 7.78. The fraction of sp³-hybridized carbons (Fsp3) is 0.643. The SMILES string of the molecule is O=C(c1scc2c1CCCC2)N1CCOC[C@@H](O)C1. The average molecular weight is 281 g/mol. The number of carbonyl (C=O) groups is 1. The van der Waals surface area contributed by atoms with Gasteiger partial charge in [0.15, 0.2) is 0 Å². The summed E-state index contributed by atoms with van der Waals surface area (Å²) in [5.74, 6) is 0.0673. The number of nitrogens with zero attached hydrogens (tertiary/aromatic N) is 1. The van der Waals surface area contributed by atoms with Gasteiger partial charge in [-0.1, -0.05) is 0 Å². The molecule has 1 aliphatic heterocycles.